The Hall–Kier alpha value is -3.02. The lowest BCUT2D eigenvalue weighted by Gasteiger charge is -2.35. The molecule has 6 heteroatoms. The van der Waals surface area contributed by atoms with Crippen LogP contribution in [0.25, 0.3) is 0 Å². The van der Waals surface area contributed by atoms with Crippen LogP contribution in [0.5, 0.6) is 0 Å². The van der Waals surface area contributed by atoms with E-state index in [4.69, 9.17) is 0 Å². The maximum absolute atomic E-state index is 13.1. The first kappa shape index (κ1) is 18.8. The van der Waals surface area contributed by atoms with Crippen molar-refractivity contribution in [2.75, 3.05) is 4.90 Å². The monoisotopic (exact) mass is 366 g/mol. The number of Topliss-reactive ketones (excluding diaryl/α,β-unsaturated/α-hetero) is 1. The van der Waals surface area contributed by atoms with Gasteiger partial charge >= 0.3 is 0 Å². The van der Waals surface area contributed by atoms with Crippen molar-refractivity contribution in [1.82, 2.24) is 0 Å². The zero-order valence-corrected chi connectivity index (χ0v) is 15.5. The lowest BCUT2D eigenvalue weighted by molar-refractivity contribution is -0.385. The highest BCUT2D eigenvalue weighted by molar-refractivity contribution is 6.07. The highest BCUT2D eigenvalue weighted by atomic mass is 16.6. The van der Waals surface area contributed by atoms with Gasteiger partial charge in [-0.05, 0) is 56.9 Å². The van der Waals surface area contributed by atoms with Crippen LogP contribution in [0.15, 0.2) is 42.5 Å². The third-order valence-corrected chi connectivity index (χ3v) is 4.99. The van der Waals surface area contributed by atoms with Crippen LogP contribution in [0.4, 0.5) is 11.4 Å². The molecule has 0 spiro atoms. The van der Waals surface area contributed by atoms with E-state index in [1.54, 1.807) is 29.2 Å². The van der Waals surface area contributed by atoms with E-state index in [1.807, 2.05) is 25.1 Å². The Kier molecular flexibility index (Phi) is 5.35. The topological polar surface area (TPSA) is 80.5 Å². The molecular weight excluding hydrogens is 344 g/mol. The third kappa shape index (κ3) is 3.89. The zero-order chi connectivity index (χ0) is 19.6. The van der Waals surface area contributed by atoms with Gasteiger partial charge in [-0.25, -0.2) is 0 Å². The lowest BCUT2D eigenvalue weighted by atomic mass is 9.92. The molecule has 0 radical (unpaired) electrons. The summed E-state index contributed by atoms with van der Waals surface area (Å²) in [6.07, 6.45) is 1.96. The van der Waals surface area contributed by atoms with Crippen molar-refractivity contribution in [3.63, 3.8) is 0 Å². The molecule has 2 aromatic carbocycles. The molecule has 1 aliphatic heterocycles. The molecule has 0 bridgehead atoms. The number of benzene rings is 2. The van der Waals surface area contributed by atoms with Crippen LogP contribution in [-0.2, 0) is 17.6 Å². The Morgan fingerprint density at radius 3 is 2.56 bits per heavy atom. The summed E-state index contributed by atoms with van der Waals surface area (Å²) < 4.78 is 0. The molecule has 2 aromatic rings. The molecule has 140 valence electrons. The number of carbonyl (C=O) groups is 2. The molecule has 0 fully saturated rings. The summed E-state index contributed by atoms with van der Waals surface area (Å²) in [5, 5.41) is 11.5. The Morgan fingerprint density at radius 2 is 1.93 bits per heavy atom. The van der Waals surface area contributed by atoms with Gasteiger partial charge in [0.15, 0.2) is 0 Å². The van der Waals surface area contributed by atoms with E-state index in [2.05, 4.69) is 0 Å². The number of aryl methyl sites for hydroxylation is 2. The quantitative estimate of drug-likeness (QED) is 0.589. The number of nitro groups is 1. The third-order valence-electron chi connectivity index (χ3n) is 4.99. The molecule has 0 aliphatic carbocycles. The first-order valence-electron chi connectivity index (χ1n) is 9.06. The first-order chi connectivity index (χ1) is 12.9. The predicted octanol–water partition coefficient (Wildman–Crippen LogP) is 4.10. The number of rotatable bonds is 5. The molecule has 1 heterocycles. The minimum Gasteiger partial charge on any atom is -0.305 e. The number of hydrogen-bond donors (Lipinski definition) is 0. The van der Waals surface area contributed by atoms with Gasteiger partial charge in [-0.15, -0.1) is 0 Å². The number of carbonyl (C=O) groups excluding carboxylic acids is 2. The summed E-state index contributed by atoms with van der Waals surface area (Å²) in [6.45, 7) is 3.46. The highest BCUT2D eigenvalue weighted by Gasteiger charge is 2.31. The van der Waals surface area contributed by atoms with E-state index in [9.17, 15) is 19.7 Å². The van der Waals surface area contributed by atoms with Gasteiger partial charge in [-0.3, -0.25) is 14.9 Å². The van der Waals surface area contributed by atoms with Crippen molar-refractivity contribution in [3.8, 4) is 0 Å². The fourth-order valence-electron chi connectivity index (χ4n) is 3.53. The Balaban J connectivity index is 2.07. The van der Waals surface area contributed by atoms with Crippen LogP contribution in [-0.4, -0.2) is 22.7 Å². The minimum atomic E-state index is -0.406. The predicted molar refractivity (Wildman–Crippen MR) is 103 cm³/mol. The largest absolute Gasteiger partial charge is 0.305 e. The van der Waals surface area contributed by atoms with E-state index >= 15 is 0 Å². The maximum atomic E-state index is 13.1. The van der Waals surface area contributed by atoms with Crippen molar-refractivity contribution in [2.45, 2.75) is 45.6 Å². The van der Waals surface area contributed by atoms with Gasteiger partial charge in [0.25, 0.3) is 11.6 Å². The highest BCUT2D eigenvalue weighted by Crippen LogP contribution is 2.37. The van der Waals surface area contributed by atoms with Crippen LogP contribution in [0, 0.1) is 10.1 Å². The van der Waals surface area contributed by atoms with Crippen LogP contribution >= 0.6 is 0 Å². The molecule has 0 aromatic heterocycles. The fraction of sp³-hybridized carbons (Fsp3) is 0.333. The molecule has 0 N–H and O–H groups in total. The summed E-state index contributed by atoms with van der Waals surface area (Å²) in [5.41, 5.74) is 2.62. The normalized spacial score (nSPS) is 15.9. The van der Waals surface area contributed by atoms with Gasteiger partial charge in [0.2, 0.25) is 0 Å². The lowest BCUT2D eigenvalue weighted by Crippen LogP contribution is -2.42. The summed E-state index contributed by atoms with van der Waals surface area (Å²) >= 11 is 0. The van der Waals surface area contributed by atoms with Crippen molar-refractivity contribution in [2.24, 2.45) is 0 Å². The molecule has 1 atom stereocenters. The van der Waals surface area contributed by atoms with Crippen molar-refractivity contribution < 1.29 is 14.5 Å². The number of anilines is 1. The minimum absolute atomic E-state index is 0.00711. The summed E-state index contributed by atoms with van der Waals surface area (Å²) in [7, 11) is 0. The maximum Gasteiger partial charge on any atom is 0.273 e. The molecule has 6 nitrogen and oxygen atoms in total. The van der Waals surface area contributed by atoms with Gasteiger partial charge in [0.1, 0.15) is 5.78 Å². The van der Waals surface area contributed by atoms with Gasteiger partial charge in [-0.2, -0.15) is 0 Å². The summed E-state index contributed by atoms with van der Waals surface area (Å²) in [5.74, 6) is -0.136. The van der Waals surface area contributed by atoms with Crippen LogP contribution < -0.4 is 4.90 Å². The Labute approximate surface area is 158 Å². The van der Waals surface area contributed by atoms with Crippen molar-refractivity contribution in [1.29, 1.82) is 0 Å². The molecule has 0 unspecified atom stereocenters. The Morgan fingerprint density at radius 1 is 1.22 bits per heavy atom. The van der Waals surface area contributed by atoms with E-state index in [0.717, 1.165) is 12.0 Å². The van der Waals surface area contributed by atoms with E-state index in [0.29, 0.717) is 29.7 Å². The molecule has 3 rings (SSSR count). The second-order valence-electron chi connectivity index (χ2n) is 7.00. The second kappa shape index (κ2) is 7.70. The van der Waals surface area contributed by atoms with Gasteiger partial charge in [0.05, 0.1) is 4.92 Å². The molecule has 0 saturated carbocycles. The van der Waals surface area contributed by atoms with Crippen LogP contribution in [0.3, 0.4) is 0 Å². The van der Waals surface area contributed by atoms with E-state index in [1.165, 1.54) is 6.92 Å². The number of fused-ring (bicyclic) bond motifs is 1. The van der Waals surface area contributed by atoms with Crippen LogP contribution in [0.2, 0.25) is 0 Å². The SMILES string of the molecule is CC(=O)CCc1cc2c(cc1[N+](=O)[O-])CC[C@@H](C)N2C(=O)c1ccccc1. The number of nitrogens with zero attached hydrogens (tertiary/aromatic N) is 2. The average Bonchev–Trinajstić information content (AvgIpc) is 2.65. The molecule has 0 saturated heterocycles. The molecule has 27 heavy (non-hydrogen) atoms. The van der Waals surface area contributed by atoms with E-state index < -0.39 is 4.92 Å². The van der Waals surface area contributed by atoms with Gasteiger partial charge in [-0.1, -0.05) is 18.2 Å². The molecule has 1 amide bonds. The standard InChI is InChI=1S/C21H22N2O4/c1-14-8-10-17-13-20(23(26)27)18(11-9-15(2)24)12-19(17)22(14)21(25)16-6-4-3-5-7-16/h3-7,12-14H,8-11H2,1-2H3/t14-/m1/s1. The molecular formula is C21H22N2O4. The van der Waals surface area contributed by atoms with Gasteiger partial charge in [0, 0.05) is 35.3 Å². The molecule has 1 aliphatic rings. The number of ketones is 1. The van der Waals surface area contributed by atoms with E-state index in [-0.39, 0.29) is 29.8 Å². The number of hydrogen-bond acceptors (Lipinski definition) is 4. The zero-order valence-electron chi connectivity index (χ0n) is 15.5. The fourth-order valence-corrected chi connectivity index (χ4v) is 3.53. The van der Waals surface area contributed by atoms with Gasteiger partial charge < -0.3 is 9.69 Å². The van der Waals surface area contributed by atoms with Crippen molar-refractivity contribution in [3.05, 3.63) is 69.3 Å². The smallest absolute Gasteiger partial charge is 0.273 e. The van der Waals surface area contributed by atoms with Crippen LogP contribution in [0.1, 0.15) is 48.2 Å². The number of amides is 1. The summed E-state index contributed by atoms with van der Waals surface area (Å²) in [6, 6.07) is 12.3. The summed E-state index contributed by atoms with van der Waals surface area (Å²) in [4.78, 5) is 37.3. The Bertz CT molecular complexity index is 893. The van der Waals surface area contributed by atoms with Crippen molar-refractivity contribution >= 4 is 23.1 Å². The number of nitro benzene ring substituents is 1. The second-order valence-corrected chi connectivity index (χ2v) is 7.00. The first-order valence-corrected chi connectivity index (χ1v) is 9.06. The average molecular weight is 366 g/mol.